The van der Waals surface area contributed by atoms with Gasteiger partial charge in [-0.05, 0) is 34.6 Å². The third-order valence-corrected chi connectivity index (χ3v) is 3.78. The number of fused-ring (bicyclic) bond motifs is 1. The molecule has 2 unspecified atom stereocenters. The van der Waals surface area contributed by atoms with E-state index in [1.54, 1.807) is 0 Å². The molecule has 3 rings (SSSR count). The summed E-state index contributed by atoms with van der Waals surface area (Å²) >= 11 is 0. The molecule has 3 aliphatic rings. The summed E-state index contributed by atoms with van der Waals surface area (Å²) in [6.45, 7) is 10.6. The van der Waals surface area contributed by atoms with Crippen molar-refractivity contribution in [3.63, 3.8) is 0 Å². The topological polar surface area (TPSA) is 55.4 Å². The van der Waals surface area contributed by atoms with Crippen LogP contribution < -0.4 is 0 Å². The Bertz CT molecular complexity index is 369. The van der Waals surface area contributed by atoms with E-state index >= 15 is 0 Å². The molecule has 0 saturated carbocycles. The Morgan fingerprint density at radius 2 is 1.75 bits per heavy atom. The Morgan fingerprint density at radius 1 is 1.00 bits per heavy atom. The largest absolute Gasteiger partial charge is 0.373 e. The second kappa shape index (κ2) is 4.90. The lowest BCUT2D eigenvalue weighted by atomic mass is 10.1. The van der Waals surface area contributed by atoms with Gasteiger partial charge in [-0.25, -0.2) is 0 Å². The van der Waals surface area contributed by atoms with Crippen LogP contribution in [0.1, 0.15) is 34.6 Å². The summed E-state index contributed by atoms with van der Waals surface area (Å²) in [6, 6.07) is 0. The van der Waals surface area contributed by atoms with E-state index in [9.17, 15) is 0 Å². The minimum absolute atomic E-state index is 0.164. The highest BCUT2D eigenvalue weighted by atomic mass is 16.8. The minimum atomic E-state index is -0.637. The first kappa shape index (κ1) is 14.7. The van der Waals surface area contributed by atoms with E-state index < -0.39 is 17.9 Å². The van der Waals surface area contributed by atoms with Crippen molar-refractivity contribution in [1.29, 1.82) is 0 Å². The first-order chi connectivity index (χ1) is 9.31. The Kier molecular flexibility index (Phi) is 3.60. The zero-order valence-corrected chi connectivity index (χ0v) is 12.8. The van der Waals surface area contributed by atoms with Gasteiger partial charge in [-0.1, -0.05) is 0 Å². The number of hydrogen-bond donors (Lipinski definition) is 0. The van der Waals surface area contributed by atoms with Gasteiger partial charge in [-0.3, -0.25) is 0 Å². The summed E-state index contributed by atoms with van der Waals surface area (Å²) in [5, 5.41) is 0. The smallest absolute Gasteiger partial charge is 0.190 e. The van der Waals surface area contributed by atoms with E-state index in [1.807, 2.05) is 34.6 Å². The number of rotatable bonds is 3. The summed E-state index contributed by atoms with van der Waals surface area (Å²) in [7, 11) is 0. The van der Waals surface area contributed by atoms with Gasteiger partial charge in [0.15, 0.2) is 17.9 Å². The van der Waals surface area contributed by atoms with Crippen molar-refractivity contribution in [2.75, 3.05) is 13.2 Å². The van der Waals surface area contributed by atoms with Crippen LogP contribution in [-0.2, 0) is 28.4 Å². The van der Waals surface area contributed by atoms with Crippen molar-refractivity contribution >= 4 is 0 Å². The summed E-state index contributed by atoms with van der Waals surface area (Å²) in [5.41, 5.74) is 0. The van der Waals surface area contributed by atoms with Gasteiger partial charge in [0, 0.05) is 6.61 Å². The minimum Gasteiger partial charge on any atom is -0.373 e. The molecular weight excluding hydrogens is 264 g/mol. The summed E-state index contributed by atoms with van der Waals surface area (Å²) in [5.74, 6) is -1.22. The van der Waals surface area contributed by atoms with Crippen molar-refractivity contribution in [1.82, 2.24) is 0 Å². The predicted octanol–water partition coefficient (Wildman–Crippen LogP) is 1.42. The molecule has 0 radical (unpaired) electrons. The van der Waals surface area contributed by atoms with Crippen LogP contribution in [0.5, 0.6) is 0 Å². The lowest BCUT2D eigenvalue weighted by Crippen LogP contribution is -2.44. The maximum absolute atomic E-state index is 5.99. The van der Waals surface area contributed by atoms with Crippen LogP contribution in [0.2, 0.25) is 0 Å². The van der Waals surface area contributed by atoms with Crippen LogP contribution in [0.15, 0.2) is 0 Å². The van der Waals surface area contributed by atoms with Crippen LogP contribution in [-0.4, -0.2) is 55.5 Å². The molecule has 0 N–H and O–H groups in total. The molecule has 0 spiro atoms. The normalized spacial score (nSPS) is 45.8. The highest BCUT2D eigenvalue weighted by Crippen LogP contribution is 2.41. The molecule has 0 amide bonds. The van der Waals surface area contributed by atoms with Crippen molar-refractivity contribution in [2.24, 2.45) is 0 Å². The molecule has 0 bridgehead atoms. The molecule has 5 atom stereocenters. The summed E-state index contributed by atoms with van der Waals surface area (Å²) in [4.78, 5) is 0. The molecule has 0 aliphatic carbocycles. The zero-order chi connectivity index (χ0) is 14.5. The molecule has 0 aromatic heterocycles. The van der Waals surface area contributed by atoms with Gasteiger partial charge in [0.2, 0.25) is 0 Å². The molecule has 3 saturated heterocycles. The maximum Gasteiger partial charge on any atom is 0.190 e. The van der Waals surface area contributed by atoms with Gasteiger partial charge >= 0.3 is 0 Å². The van der Waals surface area contributed by atoms with E-state index in [0.717, 1.165) is 0 Å². The zero-order valence-electron chi connectivity index (χ0n) is 12.8. The fourth-order valence-electron chi connectivity index (χ4n) is 3.06. The van der Waals surface area contributed by atoms with Gasteiger partial charge < -0.3 is 28.4 Å². The van der Waals surface area contributed by atoms with Crippen molar-refractivity contribution in [3.8, 4) is 0 Å². The van der Waals surface area contributed by atoms with Gasteiger partial charge in [0.05, 0.1) is 6.61 Å². The second-order valence-corrected chi connectivity index (χ2v) is 6.36. The number of hydrogen-bond acceptors (Lipinski definition) is 6. The van der Waals surface area contributed by atoms with Crippen LogP contribution in [0.3, 0.4) is 0 Å². The van der Waals surface area contributed by atoms with E-state index in [2.05, 4.69) is 0 Å². The van der Waals surface area contributed by atoms with Crippen LogP contribution >= 0.6 is 0 Å². The van der Waals surface area contributed by atoms with Gasteiger partial charge in [0.25, 0.3) is 0 Å². The molecular formula is C14H24O6. The van der Waals surface area contributed by atoms with E-state index in [1.165, 1.54) is 0 Å². The van der Waals surface area contributed by atoms with Crippen LogP contribution in [0.25, 0.3) is 0 Å². The highest BCUT2D eigenvalue weighted by molar-refractivity contribution is 4.98. The van der Waals surface area contributed by atoms with E-state index in [4.69, 9.17) is 28.4 Å². The fraction of sp³-hybridized carbons (Fsp3) is 1.00. The van der Waals surface area contributed by atoms with Crippen LogP contribution in [0.4, 0.5) is 0 Å². The average Bonchev–Trinajstić information content (AvgIpc) is 2.91. The third kappa shape index (κ3) is 2.61. The maximum atomic E-state index is 5.99. The number of ether oxygens (including phenoxy) is 6. The highest BCUT2D eigenvalue weighted by Gasteiger charge is 2.58. The van der Waals surface area contributed by atoms with Gasteiger partial charge in [-0.2, -0.15) is 0 Å². The van der Waals surface area contributed by atoms with E-state index in [-0.39, 0.29) is 24.4 Å². The van der Waals surface area contributed by atoms with Crippen molar-refractivity contribution in [2.45, 2.75) is 76.9 Å². The summed E-state index contributed by atoms with van der Waals surface area (Å²) < 4.78 is 35.0. The Morgan fingerprint density at radius 3 is 2.35 bits per heavy atom. The van der Waals surface area contributed by atoms with E-state index in [0.29, 0.717) is 13.2 Å². The van der Waals surface area contributed by atoms with Crippen molar-refractivity contribution in [3.05, 3.63) is 0 Å². The second-order valence-electron chi connectivity index (χ2n) is 6.36. The predicted molar refractivity (Wildman–Crippen MR) is 69.0 cm³/mol. The Hall–Kier alpha value is -0.240. The molecule has 3 aliphatic heterocycles. The first-order valence-corrected chi connectivity index (χ1v) is 7.26. The van der Waals surface area contributed by atoms with Crippen molar-refractivity contribution < 1.29 is 28.4 Å². The van der Waals surface area contributed by atoms with Gasteiger partial charge in [0.1, 0.15) is 24.4 Å². The first-order valence-electron chi connectivity index (χ1n) is 7.26. The molecule has 0 aromatic carbocycles. The molecule has 0 aromatic rings. The quantitative estimate of drug-likeness (QED) is 0.783. The monoisotopic (exact) mass is 288 g/mol. The Balaban J connectivity index is 1.73. The standard InChI is InChI=1S/C14H24O6/c1-6-15-10-9(8-7-16-13(2,3)18-8)17-12-11(10)19-14(4,5)20-12/h8-12H,6-7H2,1-5H3/t8-,9-,10+,11?,12?/m1/s1. The molecule has 3 fully saturated rings. The molecule has 20 heavy (non-hydrogen) atoms. The average molecular weight is 288 g/mol. The molecule has 6 nitrogen and oxygen atoms in total. The van der Waals surface area contributed by atoms with Gasteiger partial charge in [-0.15, -0.1) is 0 Å². The fourth-order valence-corrected chi connectivity index (χ4v) is 3.06. The van der Waals surface area contributed by atoms with Crippen LogP contribution in [0, 0.1) is 0 Å². The molecule has 116 valence electrons. The molecule has 6 heteroatoms. The summed E-state index contributed by atoms with van der Waals surface area (Å²) in [6.07, 6.45) is -1.22. The SMILES string of the molecule is CCO[C@@H]1C2OC(C)(C)OC2O[C@@H]1[C@H]1COC(C)(C)O1. The Labute approximate surface area is 119 Å². The lowest BCUT2D eigenvalue weighted by molar-refractivity contribution is -0.235. The lowest BCUT2D eigenvalue weighted by Gasteiger charge is -2.28. The third-order valence-electron chi connectivity index (χ3n) is 3.78. The molecule has 3 heterocycles.